The van der Waals surface area contributed by atoms with Crippen LogP contribution in [0.15, 0.2) is 30.3 Å². The smallest absolute Gasteiger partial charge is 0.338 e. The van der Waals surface area contributed by atoms with E-state index in [2.05, 4.69) is 0 Å². The van der Waals surface area contributed by atoms with Crippen LogP contribution in [0.25, 0.3) is 0 Å². The van der Waals surface area contributed by atoms with Gasteiger partial charge < -0.3 is 9.47 Å². The molecule has 2 rings (SSSR count). The Kier molecular flexibility index (Phi) is 7.62. The van der Waals surface area contributed by atoms with Gasteiger partial charge in [-0.1, -0.05) is 18.2 Å². The van der Waals surface area contributed by atoms with E-state index in [1.165, 1.54) is 0 Å². The molecule has 1 saturated carbocycles. The third-order valence-electron chi connectivity index (χ3n) is 3.27. The van der Waals surface area contributed by atoms with E-state index >= 15 is 0 Å². The summed E-state index contributed by atoms with van der Waals surface area (Å²) in [4.78, 5) is 33.4. The molecule has 1 aromatic carbocycles. The van der Waals surface area contributed by atoms with Crippen molar-refractivity contribution < 1.29 is 23.9 Å². The van der Waals surface area contributed by atoms with Gasteiger partial charge in [0.25, 0.3) is 0 Å². The molecule has 5 nitrogen and oxygen atoms in total. The number of carbonyl (C=O) groups is 3. The topological polar surface area (TPSA) is 69.7 Å². The van der Waals surface area contributed by atoms with Gasteiger partial charge in [-0.25, -0.2) is 4.79 Å². The number of Topliss-reactive ketones (excluding diaryl/α,β-unsaturated/α-hetero) is 1. The lowest BCUT2D eigenvalue weighted by Crippen LogP contribution is -2.27. The summed E-state index contributed by atoms with van der Waals surface area (Å²) < 4.78 is 9.97. The van der Waals surface area contributed by atoms with Gasteiger partial charge in [0.05, 0.1) is 18.1 Å². The summed E-state index contributed by atoms with van der Waals surface area (Å²) in [6.45, 7) is 7.72. The molecule has 1 fully saturated rings. The highest BCUT2D eigenvalue weighted by molar-refractivity contribution is 5.89. The summed E-state index contributed by atoms with van der Waals surface area (Å²) in [7, 11) is 0. The SMILES string of the molecule is CC(C)(C)OC(=O)[C@H]1CCC(=O)C1.CCOC(=O)c1ccccc1. The molecule has 1 aliphatic carbocycles. The minimum Gasteiger partial charge on any atom is -0.462 e. The van der Waals surface area contributed by atoms with Crippen LogP contribution in [0.3, 0.4) is 0 Å². The number of ketones is 1. The minimum atomic E-state index is -0.442. The van der Waals surface area contributed by atoms with Crippen LogP contribution in [-0.4, -0.2) is 29.9 Å². The zero-order chi connectivity index (χ0) is 18.2. The van der Waals surface area contributed by atoms with Crippen LogP contribution in [0.5, 0.6) is 0 Å². The molecular formula is C19H26O5. The molecule has 1 aromatic rings. The fourth-order valence-corrected chi connectivity index (χ4v) is 2.19. The van der Waals surface area contributed by atoms with E-state index in [4.69, 9.17) is 9.47 Å². The van der Waals surface area contributed by atoms with Crippen molar-refractivity contribution in [1.82, 2.24) is 0 Å². The lowest BCUT2D eigenvalue weighted by atomic mass is 10.1. The summed E-state index contributed by atoms with van der Waals surface area (Å²) in [5.41, 5.74) is 0.164. The van der Waals surface area contributed by atoms with E-state index < -0.39 is 5.60 Å². The molecule has 24 heavy (non-hydrogen) atoms. The van der Waals surface area contributed by atoms with Gasteiger partial charge in [-0.2, -0.15) is 0 Å². The monoisotopic (exact) mass is 334 g/mol. The number of benzene rings is 1. The molecule has 5 heteroatoms. The number of hydrogen-bond donors (Lipinski definition) is 0. The Hall–Kier alpha value is -2.17. The van der Waals surface area contributed by atoms with Crippen molar-refractivity contribution >= 4 is 17.7 Å². The Morgan fingerprint density at radius 2 is 1.79 bits per heavy atom. The number of carbonyl (C=O) groups excluding carboxylic acids is 3. The highest BCUT2D eigenvalue weighted by Crippen LogP contribution is 2.24. The van der Waals surface area contributed by atoms with Crippen LogP contribution < -0.4 is 0 Å². The Labute approximate surface area is 143 Å². The van der Waals surface area contributed by atoms with E-state index in [0.717, 1.165) is 0 Å². The summed E-state index contributed by atoms with van der Waals surface area (Å²) in [5.74, 6) is -0.492. The molecule has 132 valence electrons. The van der Waals surface area contributed by atoms with Crippen molar-refractivity contribution in [2.75, 3.05) is 6.61 Å². The molecule has 1 atom stereocenters. The Balaban J connectivity index is 0.000000243. The van der Waals surface area contributed by atoms with Crippen molar-refractivity contribution in [2.45, 2.75) is 52.6 Å². The molecule has 0 aliphatic heterocycles. The second-order valence-corrected chi connectivity index (χ2v) is 6.60. The summed E-state index contributed by atoms with van der Waals surface area (Å²) in [6.07, 6.45) is 1.56. The first kappa shape index (κ1) is 19.9. The molecule has 0 bridgehead atoms. The van der Waals surface area contributed by atoms with Crippen LogP contribution in [0.4, 0.5) is 0 Å². The predicted octanol–water partition coefficient (Wildman–Crippen LogP) is 3.56. The fourth-order valence-electron chi connectivity index (χ4n) is 2.19. The van der Waals surface area contributed by atoms with Gasteiger partial charge >= 0.3 is 11.9 Å². The van der Waals surface area contributed by atoms with Gasteiger partial charge in [0.15, 0.2) is 0 Å². The van der Waals surface area contributed by atoms with E-state index in [1.54, 1.807) is 19.1 Å². The second-order valence-electron chi connectivity index (χ2n) is 6.60. The fraction of sp³-hybridized carbons (Fsp3) is 0.526. The molecule has 0 unspecified atom stereocenters. The van der Waals surface area contributed by atoms with Crippen molar-refractivity contribution in [3.8, 4) is 0 Å². The van der Waals surface area contributed by atoms with Crippen LogP contribution in [0.2, 0.25) is 0 Å². The molecule has 0 radical (unpaired) electrons. The molecule has 0 N–H and O–H groups in total. The third-order valence-corrected chi connectivity index (χ3v) is 3.27. The number of rotatable bonds is 3. The van der Waals surface area contributed by atoms with Crippen molar-refractivity contribution in [2.24, 2.45) is 5.92 Å². The van der Waals surface area contributed by atoms with Crippen LogP contribution >= 0.6 is 0 Å². The predicted molar refractivity (Wildman–Crippen MR) is 90.6 cm³/mol. The summed E-state index contributed by atoms with van der Waals surface area (Å²) in [6, 6.07) is 8.96. The zero-order valence-corrected chi connectivity index (χ0v) is 14.8. The number of ether oxygens (including phenoxy) is 2. The number of hydrogen-bond acceptors (Lipinski definition) is 5. The van der Waals surface area contributed by atoms with E-state index in [1.807, 2.05) is 39.0 Å². The second kappa shape index (κ2) is 9.21. The maximum Gasteiger partial charge on any atom is 0.338 e. The highest BCUT2D eigenvalue weighted by Gasteiger charge is 2.31. The largest absolute Gasteiger partial charge is 0.462 e. The molecule has 0 aromatic heterocycles. The van der Waals surface area contributed by atoms with E-state index in [-0.39, 0.29) is 23.6 Å². The Bertz CT molecular complexity index is 557. The first-order valence-electron chi connectivity index (χ1n) is 8.19. The standard InChI is InChI=1S/C10H16O3.C9H10O2/c1-10(2,3)13-9(12)7-4-5-8(11)6-7;1-2-11-9(10)8-6-4-3-5-7-8/h7H,4-6H2,1-3H3;3-7H,2H2,1H3/t7-;/m0./s1. The van der Waals surface area contributed by atoms with Gasteiger partial charge in [0.1, 0.15) is 11.4 Å². The van der Waals surface area contributed by atoms with Crippen LogP contribution in [-0.2, 0) is 19.1 Å². The summed E-state index contributed by atoms with van der Waals surface area (Å²) >= 11 is 0. The number of esters is 2. The van der Waals surface area contributed by atoms with Crippen molar-refractivity contribution in [1.29, 1.82) is 0 Å². The average molecular weight is 334 g/mol. The molecule has 0 heterocycles. The normalized spacial score (nSPS) is 16.8. The van der Waals surface area contributed by atoms with E-state index in [9.17, 15) is 14.4 Å². The molecule has 0 spiro atoms. The Morgan fingerprint density at radius 1 is 1.17 bits per heavy atom. The first-order chi connectivity index (χ1) is 11.2. The van der Waals surface area contributed by atoms with E-state index in [0.29, 0.717) is 31.4 Å². The quantitative estimate of drug-likeness (QED) is 0.791. The maximum atomic E-state index is 11.4. The molecule has 0 saturated heterocycles. The maximum absolute atomic E-state index is 11.4. The van der Waals surface area contributed by atoms with Gasteiger partial charge in [0.2, 0.25) is 0 Å². The molecule has 1 aliphatic rings. The summed E-state index contributed by atoms with van der Waals surface area (Å²) in [5, 5.41) is 0. The average Bonchev–Trinajstić information content (AvgIpc) is 2.94. The van der Waals surface area contributed by atoms with Gasteiger partial charge in [-0.05, 0) is 46.2 Å². The van der Waals surface area contributed by atoms with Gasteiger partial charge in [0, 0.05) is 12.8 Å². The van der Waals surface area contributed by atoms with Gasteiger partial charge in [-0.3, -0.25) is 9.59 Å². The first-order valence-corrected chi connectivity index (χ1v) is 8.19. The van der Waals surface area contributed by atoms with Crippen molar-refractivity contribution in [3.05, 3.63) is 35.9 Å². The lowest BCUT2D eigenvalue weighted by Gasteiger charge is -2.21. The third kappa shape index (κ3) is 7.40. The molecule has 0 amide bonds. The van der Waals surface area contributed by atoms with Crippen LogP contribution in [0, 0.1) is 5.92 Å². The zero-order valence-electron chi connectivity index (χ0n) is 14.8. The highest BCUT2D eigenvalue weighted by atomic mass is 16.6. The van der Waals surface area contributed by atoms with Crippen LogP contribution in [0.1, 0.15) is 57.3 Å². The van der Waals surface area contributed by atoms with Gasteiger partial charge in [-0.15, -0.1) is 0 Å². The molecular weight excluding hydrogens is 308 g/mol. The lowest BCUT2D eigenvalue weighted by molar-refractivity contribution is -0.160. The Morgan fingerprint density at radius 3 is 2.25 bits per heavy atom. The minimum absolute atomic E-state index is 0.177. The van der Waals surface area contributed by atoms with Crippen molar-refractivity contribution in [3.63, 3.8) is 0 Å².